The zero-order valence-electron chi connectivity index (χ0n) is 10.5. The largest absolute Gasteiger partial charge is 0.496 e. The summed E-state index contributed by atoms with van der Waals surface area (Å²) in [4.78, 5) is 0. The monoisotopic (exact) mass is 223 g/mol. The van der Waals surface area contributed by atoms with Crippen molar-refractivity contribution in [1.82, 2.24) is 0 Å². The van der Waals surface area contributed by atoms with E-state index in [0.717, 1.165) is 17.7 Å². The topological polar surface area (TPSA) is 44.5 Å². The fourth-order valence-corrected chi connectivity index (χ4v) is 1.69. The van der Waals surface area contributed by atoms with Gasteiger partial charge in [0.1, 0.15) is 11.4 Å². The van der Waals surface area contributed by atoms with Gasteiger partial charge in [-0.2, -0.15) is 0 Å². The predicted molar refractivity (Wildman–Crippen MR) is 65.8 cm³/mol. The first-order chi connectivity index (χ1) is 7.61. The van der Waals surface area contributed by atoms with E-state index >= 15 is 0 Å². The Morgan fingerprint density at radius 2 is 2.00 bits per heavy atom. The van der Waals surface area contributed by atoms with E-state index in [1.807, 2.05) is 13.0 Å². The Balaban J connectivity index is 3.27. The van der Waals surface area contributed by atoms with Crippen LogP contribution in [0.4, 0.5) is 0 Å². The maximum atomic E-state index is 5.78. The first-order valence-electron chi connectivity index (χ1n) is 5.54. The van der Waals surface area contributed by atoms with Gasteiger partial charge in [-0.05, 0) is 31.0 Å². The minimum atomic E-state index is -0.490. The van der Waals surface area contributed by atoms with E-state index in [4.69, 9.17) is 15.2 Å². The summed E-state index contributed by atoms with van der Waals surface area (Å²) in [5, 5.41) is 0. The third-order valence-corrected chi connectivity index (χ3v) is 3.08. The van der Waals surface area contributed by atoms with Crippen molar-refractivity contribution < 1.29 is 9.47 Å². The molecule has 1 rings (SSSR count). The second-order valence-electron chi connectivity index (χ2n) is 4.03. The number of methoxy groups -OCH3 is 2. The number of ether oxygens (including phenoxy) is 2. The highest BCUT2D eigenvalue weighted by Crippen LogP contribution is 2.32. The van der Waals surface area contributed by atoms with E-state index in [0.29, 0.717) is 6.54 Å². The van der Waals surface area contributed by atoms with Crippen LogP contribution in [-0.4, -0.2) is 20.8 Å². The van der Waals surface area contributed by atoms with Crippen LogP contribution < -0.4 is 10.5 Å². The van der Waals surface area contributed by atoms with Gasteiger partial charge in [0.2, 0.25) is 0 Å². The Labute approximate surface area is 97.6 Å². The number of hydrogen-bond donors (Lipinski definition) is 1. The highest BCUT2D eigenvalue weighted by molar-refractivity contribution is 5.41. The van der Waals surface area contributed by atoms with Crippen LogP contribution in [0.25, 0.3) is 0 Å². The summed E-state index contributed by atoms with van der Waals surface area (Å²) in [5.41, 5.74) is 7.56. The van der Waals surface area contributed by atoms with Gasteiger partial charge in [-0.3, -0.25) is 0 Å². The fraction of sp³-hybridized carbons (Fsp3) is 0.538. The second kappa shape index (κ2) is 5.32. The Hall–Kier alpha value is -1.06. The number of aryl methyl sites for hydroxylation is 1. The first-order valence-corrected chi connectivity index (χ1v) is 5.54. The second-order valence-corrected chi connectivity index (χ2v) is 4.03. The molecule has 0 bridgehead atoms. The number of nitrogens with two attached hydrogens (primary N) is 1. The molecule has 0 aliphatic rings. The van der Waals surface area contributed by atoms with E-state index in [2.05, 4.69) is 19.1 Å². The molecule has 0 fully saturated rings. The molecule has 16 heavy (non-hydrogen) atoms. The molecule has 1 aromatic rings. The third-order valence-electron chi connectivity index (χ3n) is 3.08. The molecule has 2 N–H and O–H groups in total. The summed E-state index contributed by atoms with van der Waals surface area (Å²) < 4.78 is 10.9. The first kappa shape index (κ1) is 13.0. The molecule has 90 valence electrons. The Bertz CT molecular complexity index is 346. The molecule has 0 saturated heterocycles. The van der Waals surface area contributed by atoms with Crippen molar-refractivity contribution in [1.29, 1.82) is 0 Å². The standard InChI is InChI=1S/C13H21NO2/c1-5-10-6-7-12(15-3)11(8-10)13(2,9-14)16-4/h6-8H,5,9,14H2,1-4H3. The summed E-state index contributed by atoms with van der Waals surface area (Å²) in [6, 6.07) is 6.14. The fourth-order valence-electron chi connectivity index (χ4n) is 1.69. The van der Waals surface area contributed by atoms with Gasteiger partial charge in [-0.1, -0.05) is 13.0 Å². The molecule has 0 heterocycles. The van der Waals surface area contributed by atoms with Crippen LogP contribution in [0, 0.1) is 0 Å². The Morgan fingerprint density at radius 1 is 1.31 bits per heavy atom. The van der Waals surface area contributed by atoms with Gasteiger partial charge in [-0.25, -0.2) is 0 Å². The van der Waals surface area contributed by atoms with Crippen LogP contribution in [-0.2, 0) is 16.8 Å². The minimum absolute atomic E-state index is 0.424. The SMILES string of the molecule is CCc1ccc(OC)c(C(C)(CN)OC)c1. The van der Waals surface area contributed by atoms with Gasteiger partial charge in [0, 0.05) is 19.2 Å². The van der Waals surface area contributed by atoms with Crippen molar-refractivity contribution in [3.8, 4) is 5.75 Å². The molecule has 0 radical (unpaired) electrons. The van der Waals surface area contributed by atoms with Gasteiger partial charge >= 0.3 is 0 Å². The lowest BCUT2D eigenvalue weighted by Gasteiger charge is -2.29. The summed E-state index contributed by atoms with van der Waals surface area (Å²) in [7, 11) is 3.34. The summed E-state index contributed by atoms with van der Waals surface area (Å²) >= 11 is 0. The van der Waals surface area contributed by atoms with Crippen LogP contribution in [0.15, 0.2) is 18.2 Å². The van der Waals surface area contributed by atoms with Crippen LogP contribution in [0.1, 0.15) is 25.0 Å². The van der Waals surface area contributed by atoms with Crippen molar-refractivity contribution in [3.05, 3.63) is 29.3 Å². The maximum Gasteiger partial charge on any atom is 0.125 e. The van der Waals surface area contributed by atoms with E-state index in [1.54, 1.807) is 14.2 Å². The molecular formula is C13H21NO2. The van der Waals surface area contributed by atoms with Crippen LogP contribution >= 0.6 is 0 Å². The minimum Gasteiger partial charge on any atom is -0.496 e. The van der Waals surface area contributed by atoms with Crippen molar-refractivity contribution >= 4 is 0 Å². The zero-order chi connectivity index (χ0) is 12.2. The number of benzene rings is 1. The molecule has 0 aliphatic carbocycles. The normalized spacial score (nSPS) is 14.6. The highest BCUT2D eigenvalue weighted by atomic mass is 16.5. The van der Waals surface area contributed by atoms with E-state index < -0.39 is 5.60 Å². The van der Waals surface area contributed by atoms with Crippen LogP contribution in [0.3, 0.4) is 0 Å². The molecule has 0 aliphatic heterocycles. The molecule has 0 aromatic heterocycles. The van der Waals surface area contributed by atoms with Gasteiger partial charge in [-0.15, -0.1) is 0 Å². The predicted octanol–water partition coefficient (Wildman–Crippen LogP) is 2.08. The summed E-state index contributed by atoms with van der Waals surface area (Å²) in [6.07, 6.45) is 0.987. The van der Waals surface area contributed by atoms with Crippen molar-refractivity contribution in [3.63, 3.8) is 0 Å². The smallest absolute Gasteiger partial charge is 0.125 e. The van der Waals surface area contributed by atoms with Crippen molar-refractivity contribution in [2.24, 2.45) is 5.73 Å². The van der Waals surface area contributed by atoms with Gasteiger partial charge in [0.05, 0.1) is 7.11 Å². The molecule has 1 unspecified atom stereocenters. The average Bonchev–Trinajstić information content (AvgIpc) is 2.37. The summed E-state index contributed by atoms with van der Waals surface area (Å²) in [5.74, 6) is 0.826. The van der Waals surface area contributed by atoms with Gasteiger partial charge in [0.15, 0.2) is 0 Å². The van der Waals surface area contributed by atoms with E-state index in [-0.39, 0.29) is 0 Å². The van der Waals surface area contributed by atoms with E-state index in [1.165, 1.54) is 5.56 Å². The van der Waals surface area contributed by atoms with Gasteiger partial charge in [0.25, 0.3) is 0 Å². The average molecular weight is 223 g/mol. The third kappa shape index (κ3) is 2.36. The molecule has 0 amide bonds. The molecular weight excluding hydrogens is 202 g/mol. The van der Waals surface area contributed by atoms with Crippen LogP contribution in [0.2, 0.25) is 0 Å². The van der Waals surface area contributed by atoms with Crippen LogP contribution in [0.5, 0.6) is 5.75 Å². The van der Waals surface area contributed by atoms with Crippen molar-refractivity contribution in [2.75, 3.05) is 20.8 Å². The molecule has 1 aromatic carbocycles. The lowest BCUT2D eigenvalue weighted by Crippen LogP contribution is -2.34. The quantitative estimate of drug-likeness (QED) is 0.831. The van der Waals surface area contributed by atoms with Gasteiger partial charge < -0.3 is 15.2 Å². The zero-order valence-corrected chi connectivity index (χ0v) is 10.5. The lowest BCUT2D eigenvalue weighted by molar-refractivity contribution is 0.00816. The van der Waals surface area contributed by atoms with Crippen molar-refractivity contribution in [2.45, 2.75) is 25.9 Å². The lowest BCUT2D eigenvalue weighted by atomic mass is 9.92. The number of hydrogen-bond acceptors (Lipinski definition) is 3. The summed E-state index contributed by atoms with van der Waals surface area (Å²) in [6.45, 7) is 4.52. The molecule has 0 spiro atoms. The molecule has 1 atom stereocenters. The molecule has 3 heteroatoms. The highest BCUT2D eigenvalue weighted by Gasteiger charge is 2.28. The number of rotatable bonds is 5. The Morgan fingerprint density at radius 3 is 2.44 bits per heavy atom. The van der Waals surface area contributed by atoms with E-state index in [9.17, 15) is 0 Å². The maximum absolute atomic E-state index is 5.78. The molecule has 0 saturated carbocycles. The molecule has 3 nitrogen and oxygen atoms in total. The Kier molecular flexibility index (Phi) is 4.33.